The third kappa shape index (κ3) is 3.78. The van der Waals surface area contributed by atoms with Gasteiger partial charge in [-0.1, -0.05) is 26.0 Å². The van der Waals surface area contributed by atoms with Crippen molar-refractivity contribution >= 4 is 54.9 Å². The van der Waals surface area contributed by atoms with Crippen LogP contribution in [-0.4, -0.2) is 19.9 Å². The smallest absolute Gasteiger partial charge is 0.261 e. The molecule has 0 saturated heterocycles. The SMILES string of the molecule is CC.O=S(=O)(Nc1cnc2c(I)cccc2c1)c1ccc2c(c1)CCN2. The number of halogens is 1. The van der Waals surface area contributed by atoms with E-state index in [0.29, 0.717) is 5.69 Å². The Morgan fingerprint density at radius 3 is 2.77 bits per heavy atom. The van der Waals surface area contributed by atoms with Gasteiger partial charge in [-0.05, 0) is 64.9 Å². The number of nitrogens with one attached hydrogen (secondary N) is 2. The topological polar surface area (TPSA) is 71.1 Å². The summed E-state index contributed by atoms with van der Waals surface area (Å²) < 4.78 is 28.9. The highest BCUT2D eigenvalue weighted by Crippen LogP contribution is 2.27. The Bertz CT molecular complexity index is 1050. The Balaban J connectivity index is 0.000000948. The molecule has 0 unspecified atom stereocenters. The van der Waals surface area contributed by atoms with Crippen LogP contribution in [0.25, 0.3) is 10.9 Å². The van der Waals surface area contributed by atoms with Crippen LogP contribution in [0.4, 0.5) is 11.4 Å². The van der Waals surface area contributed by atoms with Crippen molar-refractivity contribution in [3.05, 3.63) is 57.8 Å². The Labute approximate surface area is 167 Å². The summed E-state index contributed by atoms with van der Waals surface area (Å²) in [5.41, 5.74) is 3.37. The Morgan fingerprint density at radius 1 is 1.15 bits per heavy atom. The first-order chi connectivity index (χ1) is 12.5. The summed E-state index contributed by atoms with van der Waals surface area (Å²) in [5, 5.41) is 4.13. The maximum absolute atomic E-state index is 12.6. The highest BCUT2D eigenvalue weighted by Gasteiger charge is 2.18. The maximum atomic E-state index is 12.6. The molecule has 0 aliphatic carbocycles. The standard InChI is InChI=1S/C17H14IN3O2S.C2H6/c18-15-3-1-2-12-8-13(10-20-17(12)15)21-24(22,23)14-4-5-16-11(9-14)6-7-19-16;1-2/h1-5,8-10,19,21H,6-7H2;1-2H3. The summed E-state index contributed by atoms with van der Waals surface area (Å²) in [5.74, 6) is 0. The van der Waals surface area contributed by atoms with Crippen LogP contribution in [0.3, 0.4) is 0 Å². The van der Waals surface area contributed by atoms with Crippen molar-refractivity contribution in [1.29, 1.82) is 0 Å². The number of anilines is 2. The lowest BCUT2D eigenvalue weighted by atomic mass is 10.2. The van der Waals surface area contributed by atoms with E-state index in [2.05, 4.69) is 37.6 Å². The van der Waals surface area contributed by atoms with Crippen LogP contribution in [0.15, 0.2) is 53.6 Å². The summed E-state index contributed by atoms with van der Waals surface area (Å²) in [6.45, 7) is 4.85. The zero-order valence-electron chi connectivity index (χ0n) is 14.6. The third-order valence-electron chi connectivity index (χ3n) is 4.01. The van der Waals surface area contributed by atoms with Gasteiger partial charge >= 0.3 is 0 Å². The molecule has 0 radical (unpaired) electrons. The normalized spacial score (nSPS) is 12.7. The largest absolute Gasteiger partial charge is 0.384 e. The van der Waals surface area contributed by atoms with E-state index in [4.69, 9.17) is 0 Å². The van der Waals surface area contributed by atoms with E-state index in [-0.39, 0.29) is 4.90 Å². The molecule has 0 fully saturated rings. The van der Waals surface area contributed by atoms with Crippen molar-refractivity contribution in [2.24, 2.45) is 0 Å². The number of sulfonamides is 1. The summed E-state index contributed by atoms with van der Waals surface area (Å²) >= 11 is 2.22. The number of aromatic nitrogens is 1. The lowest BCUT2D eigenvalue weighted by Crippen LogP contribution is -2.13. The number of rotatable bonds is 3. The van der Waals surface area contributed by atoms with Crippen LogP contribution in [0.5, 0.6) is 0 Å². The molecule has 3 aromatic rings. The van der Waals surface area contributed by atoms with Gasteiger partial charge in [0.2, 0.25) is 0 Å². The number of hydrogen-bond donors (Lipinski definition) is 2. The van der Waals surface area contributed by atoms with E-state index in [1.165, 1.54) is 0 Å². The second-order valence-electron chi connectivity index (χ2n) is 5.64. The molecular weight excluding hydrogens is 461 g/mol. The van der Waals surface area contributed by atoms with Crippen molar-refractivity contribution in [2.45, 2.75) is 25.2 Å². The van der Waals surface area contributed by atoms with Crippen LogP contribution >= 0.6 is 22.6 Å². The van der Waals surface area contributed by atoms with Crippen molar-refractivity contribution < 1.29 is 8.42 Å². The highest BCUT2D eigenvalue weighted by atomic mass is 127. The molecule has 0 bridgehead atoms. The van der Waals surface area contributed by atoms with E-state index in [9.17, 15) is 8.42 Å². The first-order valence-corrected chi connectivity index (χ1v) is 11.0. The minimum Gasteiger partial charge on any atom is -0.384 e. The van der Waals surface area contributed by atoms with Gasteiger partial charge < -0.3 is 5.32 Å². The molecule has 7 heteroatoms. The number of pyridine rings is 1. The molecule has 0 amide bonds. The van der Waals surface area contributed by atoms with Crippen molar-refractivity contribution in [1.82, 2.24) is 4.98 Å². The molecule has 0 saturated carbocycles. The first kappa shape index (κ1) is 18.9. The van der Waals surface area contributed by atoms with Gasteiger partial charge in [0.25, 0.3) is 10.0 Å². The van der Waals surface area contributed by atoms with Gasteiger partial charge in [0, 0.05) is 21.2 Å². The van der Waals surface area contributed by atoms with Gasteiger partial charge in [0.15, 0.2) is 0 Å². The number of para-hydroxylation sites is 1. The highest BCUT2D eigenvalue weighted by molar-refractivity contribution is 14.1. The molecule has 4 rings (SSSR count). The van der Waals surface area contributed by atoms with Crippen LogP contribution in [0, 0.1) is 3.57 Å². The fourth-order valence-corrected chi connectivity index (χ4v) is 4.58. The van der Waals surface area contributed by atoms with E-state index in [1.807, 2.05) is 38.1 Å². The number of benzene rings is 2. The Kier molecular flexibility index (Phi) is 5.67. The second-order valence-corrected chi connectivity index (χ2v) is 8.48. The zero-order chi connectivity index (χ0) is 18.7. The minimum atomic E-state index is -3.63. The van der Waals surface area contributed by atoms with E-state index in [0.717, 1.165) is 38.7 Å². The predicted octanol–water partition coefficient (Wildman–Crippen LogP) is 4.63. The van der Waals surface area contributed by atoms with Crippen LogP contribution < -0.4 is 10.0 Å². The summed E-state index contributed by atoms with van der Waals surface area (Å²) in [7, 11) is -3.63. The quantitative estimate of drug-likeness (QED) is 0.535. The Morgan fingerprint density at radius 2 is 1.96 bits per heavy atom. The monoisotopic (exact) mass is 481 g/mol. The minimum absolute atomic E-state index is 0.271. The van der Waals surface area contributed by atoms with Crippen LogP contribution in [0.1, 0.15) is 19.4 Å². The van der Waals surface area contributed by atoms with Crippen LogP contribution in [-0.2, 0) is 16.4 Å². The van der Waals surface area contributed by atoms with Gasteiger partial charge in [-0.2, -0.15) is 0 Å². The molecule has 2 N–H and O–H groups in total. The fourth-order valence-electron chi connectivity index (χ4n) is 2.84. The van der Waals surface area contributed by atoms with Gasteiger partial charge in [-0.15, -0.1) is 0 Å². The molecule has 26 heavy (non-hydrogen) atoms. The van der Waals surface area contributed by atoms with E-state index in [1.54, 1.807) is 24.4 Å². The lowest BCUT2D eigenvalue weighted by molar-refractivity contribution is 0.601. The number of hydrogen-bond acceptors (Lipinski definition) is 4. The van der Waals surface area contributed by atoms with Gasteiger partial charge in [0.05, 0.1) is 22.3 Å². The summed E-state index contributed by atoms with van der Waals surface area (Å²) in [4.78, 5) is 4.64. The molecule has 1 aromatic heterocycles. The zero-order valence-corrected chi connectivity index (χ0v) is 17.6. The molecule has 2 aromatic carbocycles. The molecular formula is C19H20IN3O2S. The van der Waals surface area contributed by atoms with Crippen molar-refractivity contribution in [3.8, 4) is 0 Å². The third-order valence-corrected chi connectivity index (χ3v) is 6.26. The van der Waals surface area contributed by atoms with Gasteiger partial charge in [0.1, 0.15) is 0 Å². The van der Waals surface area contributed by atoms with E-state index < -0.39 is 10.0 Å². The first-order valence-electron chi connectivity index (χ1n) is 8.47. The van der Waals surface area contributed by atoms with Crippen molar-refractivity contribution in [3.63, 3.8) is 0 Å². The molecule has 5 nitrogen and oxygen atoms in total. The molecule has 0 atom stereocenters. The molecule has 0 spiro atoms. The summed E-state index contributed by atoms with van der Waals surface area (Å²) in [6.07, 6.45) is 2.39. The average molecular weight is 481 g/mol. The molecule has 1 aliphatic heterocycles. The second kappa shape index (κ2) is 7.79. The van der Waals surface area contributed by atoms with E-state index >= 15 is 0 Å². The summed E-state index contributed by atoms with van der Waals surface area (Å²) in [6, 6.07) is 12.8. The van der Waals surface area contributed by atoms with Crippen LogP contribution in [0.2, 0.25) is 0 Å². The van der Waals surface area contributed by atoms with Gasteiger partial charge in [-0.25, -0.2) is 8.42 Å². The number of fused-ring (bicyclic) bond motifs is 2. The molecule has 136 valence electrons. The maximum Gasteiger partial charge on any atom is 0.261 e. The fraction of sp³-hybridized carbons (Fsp3) is 0.211. The predicted molar refractivity (Wildman–Crippen MR) is 115 cm³/mol. The lowest BCUT2D eigenvalue weighted by Gasteiger charge is -2.10. The molecule has 1 aliphatic rings. The molecule has 2 heterocycles. The average Bonchev–Trinajstić information content (AvgIpc) is 3.11. The Hall–Kier alpha value is -1.87. The van der Waals surface area contributed by atoms with Crippen molar-refractivity contribution in [2.75, 3.05) is 16.6 Å². The number of nitrogens with zero attached hydrogens (tertiary/aromatic N) is 1. The van der Waals surface area contributed by atoms with Gasteiger partial charge in [-0.3, -0.25) is 9.71 Å².